The lowest BCUT2D eigenvalue weighted by molar-refractivity contribution is -0.123. The summed E-state index contributed by atoms with van der Waals surface area (Å²) in [5.41, 5.74) is 1.29. The molecule has 1 aromatic carbocycles. The summed E-state index contributed by atoms with van der Waals surface area (Å²) in [7, 11) is 0. The number of carbonyl (C=O) groups excluding carboxylic acids is 1. The van der Waals surface area contributed by atoms with Crippen molar-refractivity contribution in [2.24, 2.45) is 0 Å². The molecule has 0 aliphatic heterocycles. The van der Waals surface area contributed by atoms with E-state index in [2.05, 4.69) is 15.4 Å². The van der Waals surface area contributed by atoms with Crippen molar-refractivity contribution in [1.82, 2.24) is 20.1 Å². The molecule has 1 amide bonds. The predicted molar refractivity (Wildman–Crippen MR) is 104 cm³/mol. The van der Waals surface area contributed by atoms with E-state index in [1.165, 1.54) is 46.4 Å². The van der Waals surface area contributed by atoms with Crippen LogP contribution in [0, 0.1) is 19.7 Å². The first-order chi connectivity index (χ1) is 13.4. The second-order valence-electron chi connectivity index (χ2n) is 6.02. The molecule has 2 aromatic heterocycles. The van der Waals surface area contributed by atoms with E-state index in [9.17, 15) is 14.0 Å². The van der Waals surface area contributed by atoms with Crippen LogP contribution in [-0.4, -0.2) is 33.8 Å². The Morgan fingerprint density at radius 1 is 1.21 bits per heavy atom. The van der Waals surface area contributed by atoms with Crippen LogP contribution in [-0.2, 0) is 11.3 Å². The highest BCUT2D eigenvalue weighted by Crippen LogP contribution is 2.27. The van der Waals surface area contributed by atoms with Crippen molar-refractivity contribution in [3.8, 4) is 16.3 Å². The molecule has 7 nitrogen and oxygen atoms in total. The van der Waals surface area contributed by atoms with Crippen molar-refractivity contribution < 1.29 is 13.9 Å². The number of hydrogen-bond acceptors (Lipinski definition) is 6. The van der Waals surface area contributed by atoms with E-state index in [4.69, 9.17) is 4.74 Å². The maximum atomic E-state index is 12.8. The summed E-state index contributed by atoms with van der Waals surface area (Å²) < 4.78 is 19.4. The third-order valence-corrected chi connectivity index (χ3v) is 4.93. The van der Waals surface area contributed by atoms with Gasteiger partial charge in [0.05, 0.1) is 22.1 Å². The Bertz CT molecular complexity index is 1030. The Balaban J connectivity index is 1.54. The quantitative estimate of drug-likeness (QED) is 0.656. The Morgan fingerprint density at radius 3 is 2.64 bits per heavy atom. The van der Waals surface area contributed by atoms with Gasteiger partial charge in [-0.3, -0.25) is 9.59 Å². The number of hydrogen-bond donors (Lipinski definition) is 1. The number of nitrogens with zero attached hydrogens (tertiary/aromatic N) is 3. The zero-order valence-electron chi connectivity index (χ0n) is 15.4. The van der Waals surface area contributed by atoms with Crippen LogP contribution in [0.3, 0.4) is 0 Å². The number of benzene rings is 1. The number of halogens is 1. The van der Waals surface area contributed by atoms with Crippen LogP contribution in [0.4, 0.5) is 4.39 Å². The molecule has 0 atom stereocenters. The van der Waals surface area contributed by atoms with E-state index < -0.39 is 0 Å². The van der Waals surface area contributed by atoms with Gasteiger partial charge in [0.25, 0.3) is 11.5 Å². The van der Waals surface area contributed by atoms with Crippen LogP contribution < -0.4 is 15.6 Å². The van der Waals surface area contributed by atoms with Crippen molar-refractivity contribution in [3.63, 3.8) is 0 Å². The molecule has 9 heteroatoms. The summed E-state index contributed by atoms with van der Waals surface area (Å²) in [6, 6.07) is 8.53. The van der Waals surface area contributed by atoms with Crippen molar-refractivity contribution in [2.75, 3.05) is 13.2 Å². The van der Waals surface area contributed by atoms with Gasteiger partial charge in [-0.25, -0.2) is 14.1 Å². The van der Waals surface area contributed by atoms with Crippen LogP contribution >= 0.6 is 11.3 Å². The molecule has 0 aliphatic rings. The largest absolute Gasteiger partial charge is 0.484 e. The summed E-state index contributed by atoms with van der Waals surface area (Å²) in [4.78, 5) is 29.2. The van der Waals surface area contributed by atoms with Crippen molar-refractivity contribution >= 4 is 17.2 Å². The fraction of sp³-hybridized carbons (Fsp3) is 0.263. The molecule has 0 fully saturated rings. The van der Waals surface area contributed by atoms with Gasteiger partial charge < -0.3 is 10.1 Å². The normalized spacial score (nSPS) is 10.7. The maximum absolute atomic E-state index is 12.8. The second-order valence-corrected chi connectivity index (χ2v) is 7.22. The number of rotatable bonds is 7. The highest BCUT2D eigenvalue weighted by molar-refractivity contribution is 7.15. The van der Waals surface area contributed by atoms with E-state index in [0.29, 0.717) is 11.4 Å². The highest BCUT2D eigenvalue weighted by Gasteiger charge is 2.11. The number of thiazole rings is 1. The molecule has 3 aromatic rings. The summed E-state index contributed by atoms with van der Waals surface area (Å²) in [6.07, 6.45) is 0. The molecule has 0 saturated carbocycles. The smallest absolute Gasteiger partial charge is 0.266 e. The number of nitrogens with one attached hydrogen (secondary N) is 1. The van der Waals surface area contributed by atoms with Crippen molar-refractivity contribution in [1.29, 1.82) is 0 Å². The number of carbonyl (C=O) groups is 1. The second kappa shape index (κ2) is 8.75. The highest BCUT2D eigenvalue weighted by atomic mass is 32.1. The Hall–Kier alpha value is -3.07. The maximum Gasteiger partial charge on any atom is 0.266 e. The lowest BCUT2D eigenvalue weighted by Gasteiger charge is -2.09. The van der Waals surface area contributed by atoms with Gasteiger partial charge in [0.2, 0.25) is 0 Å². The summed E-state index contributed by atoms with van der Waals surface area (Å²) >= 11 is 1.52. The minimum atomic E-state index is -0.374. The minimum Gasteiger partial charge on any atom is -0.484 e. The van der Waals surface area contributed by atoms with Gasteiger partial charge >= 0.3 is 0 Å². The molecule has 0 bridgehead atoms. The van der Waals surface area contributed by atoms with E-state index in [-0.39, 0.29) is 37.0 Å². The molecule has 1 N–H and O–H groups in total. The molecular formula is C19H19FN4O3S. The van der Waals surface area contributed by atoms with Crippen LogP contribution in [0.1, 0.15) is 10.7 Å². The zero-order chi connectivity index (χ0) is 20.1. The minimum absolute atomic E-state index is 0.201. The predicted octanol–water partition coefficient (Wildman–Crippen LogP) is 2.32. The van der Waals surface area contributed by atoms with Crippen LogP contribution in [0.2, 0.25) is 0 Å². The monoisotopic (exact) mass is 402 g/mol. The lowest BCUT2D eigenvalue weighted by Crippen LogP contribution is -2.34. The number of aromatic nitrogens is 3. The van der Waals surface area contributed by atoms with Gasteiger partial charge in [-0.1, -0.05) is 0 Å². The van der Waals surface area contributed by atoms with Crippen LogP contribution in [0.25, 0.3) is 10.6 Å². The first-order valence-corrected chi connectivity index (χ1v) is 9.41. The van der Waals surface area contributed by atoms with E-state index in [1.54, 1.807) is 6.07 Å². The van der Waals surface area contributed by atoms with Gasteiger partial charge in [-0.15, -0.1) is 11.3 Å². The molecule has 2 heterocycles. The van der Waals surface area contributed by atoms with E-state index in [0.717, 1.165) is 15.6 Å². The molecule has 0 unspecified atom stereocenters. The van der Waals surface area contributed by atoms with Crippen LogP contribution in [0.5, 0.6) is 5.75 Å². The van der Waals surface area contributed by atoms with Crippen molar-refractivity contribution in [2.45, 2.75) is 20.4 Å². The Labute approximate surface area is 164 Å². The Kier molecular flexibility index (Phi) is 6.15. The standard InChI is InChI=1S/C19H19FN4O3S/c1-12-19(28-13(2)22-12)16-7-8-18(26)24(23-16)10-9-21-17(25)11-27-15-5-3-14(20)4-6-15/h3-8H,9-11H2,1-2H3,(H,21,25). The first kappa shape index (κ1) is 19.7. The summed E-state index contributed by atoms with van der Waals surface area (Å²) in [6.45, 7) is 4.07. The van der Waals surface area contributed by atoms with Gasteiger partial charge in [0, 0.05) is 12.6 Å². The number of amides is 1. The number of ether oxygens (including phenoxy) is 1. The fourth-order valence-electron chi connectivity index (χ4n) is 2.53. The number of aryl methyl sites for hydroxylation is 2. The van der Waals surface area contributed by atoms with E-state index >= 15 is 0 Å². The fourth-order valence-corrected chi connectivity index (χ4v) is 3.42. The van der Waals surface area contributed by atoms with Crippen molar-refractivity contribution in [3.05, 3.63) is 63.3 Å². The van der Waals surface area contributed by atoms with Gasteiger partial charge in [-0.2, -0.15) is 5.10 Å². The summed E-state index contributed by atoms with van der Waals surface area (Å²) in [5.74, 6) is -0.319. The van der Waals surface area contributed by atoms with Gasteiger partial charge in [-0.05, 0) is 44.2 Å². The molecule has 3 rings (SSSR count). The molecular weight excluding hydrogens is 383 g/mol. The zero-order valence-corrected chi connectivity index (χ0v) is 16.3. The Morgan fingerprint density at radius 2 is 1.96 bits per heavy atom. The molecule has 28 heavy (non-hydrogen) atoms. The molecule has 146 valence electrons. The third-order valence-electron chi connectivity index (χ3n) is 3.83. The molecule has 0 radical (unpaired) electrons. The SMILES string of the molecule is Cc1nc(C)c(-c2ccc(=O)n(CCNC(=O)COc3ccc(F)cc3)n2)s1. The summed E-state index contributed by atoms with van der Waals surface area (Å²) in [5, 5.41) is 7.97. The topological polar surface area (TPSA) is 86.1 Å². The molecule has 0 aliphatic carbocycles. The molecule has 0 spiro atoms. The van der Waals surface area contributed by atoms with Crippen LogP contribution in [0.15, 0.2) is 41.2 Å². The molecule has 0 saturated heterocycles. The van der Waals surface area contributed by atoms with Gasteiger partial charge in [0.1, 0.15) is 17.3 Å². The van der Waals surface area contributed by atoms with E-state index in [1.807, 2.05) is 13.8 Å². The van der Waals surface area contributed by atoms with Gasteiger partial charge in [0.15, 0.2) is 6.61 Å². The average molecular weight is 402 g/mol. The first-order valence-electron chi connectivity index (χ1n) is 8.60. The average Bonchev–Trinajstić information content (AvgIpc) is 3.01. The third kappa shape index (κ3) is 5.01. The lowest BCUT2D eigenvalue weighted by atomic mass is 10.3.